The maximum atomic E-state index is 12.8. The highest BCUT2D eigenvalue weighted by Crippen LogP contribution is 2.28. The second-order valence-electron chi connectivity index (χ2n) is 4.47. The first-order valence-corrected chi connectivity index (χ1v) is 6.24. The van der Waals surface area contributed by atoms with Gasteiger partial charge in [0.15, 0.2) is 0 Å². The number of fused-ring (bicyclic) bond motifs is 1. The van der Waals surface area contributed by atoms with Crippen LogP contribution in [0.4, 0.5) is 10.1 Å². The molecule has 0 bridgehead atoms. The average molecular weight is 268 g/mol. The van der Waals surface area contributed by atoms with Crippen molar-refractivity contribution in [2.75, 3.05) is 5.73 Å². The van der Waals surface area contributed by atoms with Crippen LogP contribution in [0.25, 0.3) is 10.9 Å². The molecule has 3 rings (SSSR count). The monoisotopic (exact) mass is 268 g/mol. The van der Waals surface area contributed by atoms with E-state index in [1.54, 1.807) is 24.4 Å². The van der Waals surface area contributed by atoms with Crippen LogP contribution in [0, 0.1) is 5.82 Å². The summed E-state index contributed by atoms with van der Waals surface area (Å²) >= 11 is 0. The van der Waals surface area contributed by atoms with Gasteiger partial charge in [0.05, 0.1) is 11.2 Å². The maximum absolute atomic E-state index is 12.8. The summed E-state index contributed by atoms with van der Waals surface area (Å²) in [7, 11) is 0. The lowest BCUT2D eigenvalue weighted by molar-refractivity contribution is 0.310. The molecule has 0 aliphatic rings. The Bertz CT molecular complexity index is 741. The molecular weight excluding hydrogens is 255 g/mol. The maximum Gasteiger partial charge on any atom is 0.129 e. The number of ether oxygens (including phenoxy) is 1. The molecule has 0 saturated carbocycles. The predicted octanol–water partition coefficient (Wildman–Crippen LogP) is 3.54. The van der Waals surface area contributed by atoms with Gasteiger partial charge in [-0.2, -0.15) is 0 Å². The van der Waals surface area contributed by atoms with Gasteiger partial charge in [-0.1, -0.05) is 12.1 Å². The lowest BCUT2D eigenvalue weighted by atomic mass is 10.1. The zero-order chi connectivity index (χ0) is 13.9. The average Bonchev–Trinajstić information content (AvgIpc) is 2.49. The molecule has 0 radical (unpaired) electrons. The third kappa shape index (κ3) is 2.40. The Kier molecular flexibility index (Phi) is 3.21. The number of benzene rings is 2. The van der Waals surface area contributed by atoms with Crippen molar-refractivity contribution in [3.63, 3.8) is 0 Å². The van der Waals surface area contributed by atoms with Gasteiger partial charge in [0, 0.05) is 11.6 Å². The Morgan fingerprint density at radius 1 is 1.05 bits per heavy atom. The minimum Gasteiger partial charge on any atom is -0.488 e. The first-order valence-electron chi connectivity index (χ1n) is 6.24. The largest absolute Gasteiger partial charge is 0.488 e. The third-order valence-electron chi connectivity index (χ3n) is 3.07. The van der Waals surface area contributed by atoms with Crippen LogP contribution >= 0.6 is 0 Å². The molecule has 2 N–H and O–H groups in total. The van der Waals surface area contributed by atoms with Crippen LogP contribution in [-0.2, 0) is 6.61 Å². The number of hydrogen-bond donors (Lipinski definition) is 1. The van der Waals surface area contributed by atoms with Gasteiger partial charge < -0.3 is 10.5 Å². The van der Waals surface area contributed by atoms with Crippen LogP contribution in [0.3, 0.4) is 0 Å². The fourth-order valence-corrected chi connectivity index (χ4v) is 2.04. The SMILES string of the molecule is Nc1ccc(OCc2ccc(F)cc2)c2cccnc12. The predicted molar refractivity (Wildman–Crippen MR) is 76.9 cm³/mol. The van der Waals surface area contributed by atoms with E-state index >= 15 is 0 Å². The molecule has 0 atom stereocenters. The Balaban J connectivity index is 1.88. The summed E-state index contributed by atoms with van der Waals surface area (Å²) in [4.78, 5) is 4.25. The fourth-order valence-electron chi connectivity index (χ4n) is 2.04. The van der Waals surface area contributed by atoms with Gasteiger partial charge in [-0.3, -0.25) is 4.98 Å². The number of nitrogen functional groups attached to an aromatic ring is 1. The number of hydrogen-bond acceptors (Lipinski definition) is 3. The van der Waals surface area contributed by atoms with Crippen molar-refractivity contribution in [1.29, 1.82) is 0 Å². The molecule has 1 heterocycles. The molecule has 100 valence electrons. The van der Waals surface area contributed by atoms with Crippen molar-refractivity contribution in [2.45, 2.75) is 6.61 Å². The molecule has 0 spiro atoms. The van der Waals surface area contributed by atoms with Crippen LogP contribution in [0.15, 0.2) is 54.7 Å². The molecule has 0 aliphatic carbocycles. The third-order valence-corrected chi connectivity index (χ3v) is 3.07. The van der Waals surface area contributed by atoms with Gasteiger partial charge in [-0.15, -0.1) is 0 Å². The summed E-state index contributed by atoms with van der Waals surface area (Å²) in [6.07, 6.45) is 1.70. The lowest BCUT2D eigenvalue weighted by Crippen LogP contribution is -1.98. The molecule has 0 fully saturated rings. The highest BCUT2D eigenvalue weighted by molar-refractivity contribution is 5.93. The number of nitrogens with two attached hydrogens (primary N) is 1. The molecule has 3 nitrogen and oxygen atoms in total. The summed E-state index contributed by atoms with van der Waals surface area (Å²) in [6, 6.07) is 13.6. The minimum atomic E-state index is -0.254. The first kappa shape index (κ1) is 12.4. The smallest absolute Gasteiger partial charge is 0.129 e. The summed E-state index contributed by atoms with van der Waals surface area (Å²) in [6.45, 7) is 0.369. The van der Waals surface area contributed by atoms with E-state index in [4.69, 9.17) is 10.5 Å². The van der Waals surface area contributed by atoms with Crippen LogP contribution < -0.4 is 10.5 Å². The molecule has 3 aromatic rings. The van der Waals surface area contributed by atoms with E-state index in [-0.39, 0.29) is 5.82 Å². The van der Waals surface area contributed by atoms with Crippen molar-refractivity contribution in [3.8, 4) is 5.75 Å². The minimum absolute atomic E-state index is 0.254. The van der Waals surface area contributed by atoms with Gasteiger partial charge >= 0.3 is 0 Å². The fraction of sp³-hybridized carbons (Fsp3) is 0.0625. The summed E-state index contributed by atoms with van der Waals surface area (Å²) in [5.74, 6) is 0.461. The van der Waals surface area contributed by atoms with Crippen LogP contribution in [-0.4, -0.2) is 4.98 Å². The van der Waals surface area contributed by atoms with Gasteiger partial charge in [0.2, 0.25) is 0 Å². The van der Waals surface area contributed by atoms with Crippen LogP contribution in [0.1, 0.15) is 5.56 Å². The number of anilines is 1. The summed E-state index contributed by atoms with van der Waals surface area (Å²) in [5, 5.41) is 0.870. The topological polar surface area (TPSA) is 48.1 Å². The van der Waals surface area contributed by atoms with Crippen molar-refractivity contribution in [1.82, 2.24) is 4.98 Å². The zero-order valence-corrected chi connectivity index (χ0v) is 10.7. The molecule has 0 amide bonds. The first-order chi connectivity index (χ1) is 9.74. The second-order valence-corrected chi connectivity index (χ2v) is 4.47. The number of rotatable bonds is 3. The molecule has 4 heteroatoms. The van der Waals surface area contributed by atoms with E-state index < -0.39 is 0 Å². The Morgan fingerprint density at radius 3 is 2.65 bits per heavy atom. The number of halogens is 1. The van der Waals surface area contributed by atoms with Gasteiger partial charge in [-0.25, -0.2) is 4.39 Å². The van der Waals surface area contributed by atoms with E-state index in [0.717, 1.165) is 16.5 Å². The summed E-state index contributed by atoms with van der Waals surface area (Å²) < 4.78 is 18.6. The molecule has 20 heavy (non-hydrogen) atoms. The Hall–Kier alpha value is -2.62. The van der Waals surface area contributed by atoms with Crippen molar-refractivity contribution in [3.05, 3.63) is 66.1 Å². The van der Waals surface area contributed by atoms with Crippen molar-refractivity contribution in [2.24, 2.45) is 0 Å². The standard InChI is InChI=1S/C16H13FN2O/c17-12-5-3-11(4-6-12)10-20-15-8-7-14(18)16-13(15)2-1-9-19-16/h1-9H,10,18H2. The molecular formula is C16H13FN2O. The molecule has 0 unspecified atom stereocenters. The van der Waals surface area contributed by atoms with Crippen molar-refractivity contribution >= 4 is 16.6 Å². The van der Waals surface area contributed by atoms with E-state index in [1.807, 2.05) is 18.2 Å². The number of pyridine rings is 1. The highest BCUT2D eigenvalue weighted by Gasteiger charge is 2.06. The Morgan fingerprint density at radius 2 is 1.85 bits per heavy atom. The summed E-state index contributed by atoms with van der Waals surface area (Å²) in [5.41, 5.74) is 8.14. The quantitative estimate of drug-likeness (QED) is 0.739. The Labute approximate surface area is 115 Å². The molecule has 0 saturated heterocycles. The second kappa shape index (κ2) is 5.17. The van der Waals surface area contributed by atoms with Crippen molar-refractivity contribution < 1.29 is 9.13 Å². The van der Waals surface area contributed by atoms with Gasteiger partial charge in [-0.05, 0) is 42.0 Å². The zero-order valence-electron chi connectivity index (χ0n) is 10.7. The number of nitrogens with zero attached hydrogens (tertiary/aromatic N) is 1. The molecule has 0 aliphatic heterocycles. The van der Waals surface area contributed by atoms with E-state index in [0.29, 0.717) is 18.0 Å². The lowest BCUT2D eigenvalue weighted by Gasteiger charge is -2.10. The number of aromatic nitrogens is 1. The van der Waals surface area contributed by atoms with E-state index in [1.165, 1.54) is 12.1 Å². The van der Waals surface area contributed by atoms with Crippen LogP contribution in [0.5, 0.6) is 5.75 Å². The van der Waals surface area contributed by atoms with Gasteiger partial charge in [0.25, 0.3) is 0 Å². The van der Waals surface area contributed by atoms with Gasteiger partial charge in [0.1, 0.15) is 18.2 Å². The highest BCUT2D eigenvalue weighted by atomic mass is 19.1. The molecule has 1 aromatic heterocycles. The van der Waals surface area contributed by atoms with Crippen LogP contribution in [0.2, 0.25) is 0 Å². The van der Waals surface area contributed by atoms with E-state index in [2.05, 4.69) is 4.98 Å². The normalized spacial score (nSPS) is 10.7. The molecule has 2 aromatic carbocycles. The van der Waals surface area contributed by atoms with E-state index in [9.17, 15) is 4.39 Å².